The lowest BCUT2D eigenvalue weighted by Gasteiger charge is -2.29. The zero-order valence-corrected chi connectivity index (χ0v) is 9.89. The van der Waals surface area contributed by atoms with Crippen molar-refractivity contribution in [3.63, 3.8) is 0 Å². The molecule has 2 fully saturated rings. The first-order valence-corrected chi connectivity index (χ1v) is 6.10. The highest BCUT2D eigenvalue weighted by molar-refractivity contribution is 5.86. The van der Waals surface area contributed by atoms with Crippen LogP contribution in [0.4, 0.5) is 0 Å². The summed E-state index contributed by atoms with van der Waals surface area (Å²) >= 11 is 0. The minimum absolute atomic E-state index is 0.0137. The SMILES string of the molecule is O=C1CN(C(=O)CN(CCO)C2CC2)CCN1. The van der Waals surface area contributed by atoms with E-state index in [1.165, 1.54) is 0 Å². The van der Waals surface area contributed by atoms with Gasteiger partial charge in [0.2, 0.25) is 11.8 Å². The van der Waals surface area contributed by atoms with Crippen LogP contribution in [0.1, 0.15) is 12.8 Å². The Morgan fingerprint density at radius 3 is 2.88 bits per heavy atom. The van der Waals surface area contributed by atoms with Gasteiger partial charge in [0, 0.05) is 25.7 Å². The number of carbonyl (C=O) groups excluding carboxylic acids is 2. The van der Waals surface area contributed by atoms with Crippen molar-refractivity contribution in [2.24, 2.45) is 0 Å². The van der Waals surface area contributed by atoms with E-state index < -0.39 is 0 Å². The highest BCUT2D eigenvalue weighted by Crippen LogP contribution is 2.26. The minimum Gasteiger partial charge on any atom is -0.395 e. The topological polar surface area (TPSA) is 72.9 Å². The van der Waals surface area contributed by atoms with Crippen LogP contribution in [0.15, 0.2) is 0 Å². The Labute approximate surface area is 101 Å². The van der Waals surface area contributed by atoms with Gasteiger partial charge in [-0.2, -0.15) is 0 Å². The molecule has 2 amide bonds. The summed E-state index contributed by atoms with van der Waals surface area (Å²) in [5.41, 5.74) is 0. The summed E-state index contributed by atoms with van der Waals surface area (Å²) in [6.07, 6.45) is 2.21. The summed E-state index contributed by atoms with van der Waals surface area (Å²) in [4.78, 5) is 26.8. The van der Waals surface area contributed by atoms with Crippen LogP contribution in [0.25, 0.3) is 0 Å². The third-order valence-corrected chi connectivity index (χ3v) is 3.18. The molecule has 0 aromatic rings. The van der Waals surface area contributed by atoms with Gasteiger partial charge >= 0.3 is 0 Å². The Balaban J connectivity index is 1.83. The molecule has 1 saturated heterocycles. The number of hydrogen-bond donors (Lipinski definition) is 2. The molecule has 6 heteroatoms. The zero-order valence-electron chi connectivity index (χ0n) is 9.89. The van der Waals surface area contributed by atoms with E-state index in [9.17, 15) is 9.59 Å². The van der Waals surface area contributed by atoms with Gasteiger partial charge in [0.05, 0.1) is 19.7 Å². The molecule has 96 valence electrons. The summed E-state index contributed by atoms with van der Waals surface area (Å²) in [5, 5.41) is 11.6. The fourth-order valence-electron chi connectivity index (χ4n) is 2.08. The minimum atomic E-state index is -0.0928. The van der Waals surface area contributed by atoms with Gasteiger partial charge in [-0.05, 0) is 12.8 Å². The normalized spacial score (nSPS) is 20.6. The van der Waals surface area contributed by atoms with Crippen LogP contribution in [0.2, 0.25) is 0 Å². The molecule has 2 aliphatic rings. The molecule has 0 atom stereocenters. The Bertz CT molecular complexity index is 304. The number of piperazine rings is 1. The van der Waals surface area contributed by atoms with Gasteiger partial charge < -0.3 is 15.3 Å². The van der Waals surface area contributed by atoms with Gasteiger partial charge in [-0.25, -0.2) is 0 Å². The molecule has 2 rings (SSSR count). The maximum Gasteiger partial charge on any atom is 0.239 e. The molecule has 0 aromatic heterocycles. The van der Waals surface area contributed by atoms with Crippen LogP contribution < -0.4 is 5.32 Å². The van der Waals surface area contributed by atoms with Crippen molar-refractivity contribution in [3.05, 3.63) is 0 Å². The largest absolute Gasteiger partial charge is 0.395 e. The molecule has 17 heavy (non-hydrogen) atoms. The molecule has 0 radical (unpaired) electrons. The number of carbonyl (C=O) groups is 2. The Morgan fingerprint density at radius 1 is 1.53 bits per heavy atom. The number of amides is 2. The summed E-state index contributed by atoms with van der Waals surface area (Å²) in [5.74, 6) is -0.107. The monoisotopic (exact) mass is 241 g/mol. The Hall–Kier alpha value is -1.14. The summed E-state index contributed by atoms with van der Waals surface area (Å²) in [6, 6.07) is 0.449. The Kier molecular flexibility index (Phi) is 3.96. The molecule has 2 N–H and O–H groups in total. The van der Waals surface area contributed by atoms with Gasteiger partial charge in [0.15, 0.2) is 0 Å². The third-order valence-electron chi connectivity index (χ3n) is 3.18. The molecule has 1 aliphatic heterocycles. The van der Waals surface area contributed by atoms with Gasteiger partial charge in [0.1, 0.15) is 0 Å². The Morgan fingerprint density at radius 2 is 2.29 bits per heavy atom. The molecular formula is C11H19N3O3. The second-order valence-electron chi connectivity index (χ2n) is 4.59. The standard InChI is InChI=1S/C11H19N3O3/c15-6-5-13(9-1-2-9)8-11(17)14-4-3-12-10(16)7-14/h9,15H,1-8H2,(H,12,16). The predicted molar refractivity (Wildman–Crippen MR) is 61.3 cm³/mol. The quantitative estimate of drug-likeness (QED) is 0.608. The van der Waals surface area contributed by atoms with Crippen molar-refractivity contribution in [1.29, 1.82) is 0 Å². The van der Waals surface area contributed by atoms with Gasteiger partial charge in [-0.15, -0.1) is 0 Å². The number of nitrogens with zero attached hydrogens (tertiary/aromatic N) is 2. The van der Waals surface area contributed by atoms with E-state index in [0.717, 1.165) is 12.8 Å². The van der Waals surface area contributed by atoms with E-state index in [2.05, 4.69) is 5.32 Å². The molecule has 0 spiro atoms. The van der Waals surface area contributed by atoms with Crippen molar-refractivity contribution in [1.82, 2.24) is 15.1 Å². The summed E-state index contributed by atoms with van der Waals surface area (Å²) < 4.78 is 0. The zero-order chi connectivity index (χ0) is 12.3. The molecular weight excluding hydrogens is 222 g/mol. The number of hydrogen-bond acceptors (Lipinski definition) is 4. The van der Waals surface area contributed by atoms with Crippen molar-refractivity contribution >= 4 is 11.8 Å². The highest BCUT2D eigenvalue weighted by Gasteiger charge is 2.31. The summed E-state index contributed by atoms with van der Waals surface area (Å²) in [7, 11) is 0. The number of rotatable bonds is 5. The molecule has 0 aromatic carbocycles. The van der Waals surface area contributed by atoms with Crippen molar-refractivity contribution in [2.45, 2.75) is 18.9 Å². The van der Waals surface area contributed by atoms with E-state index in [1.807, 2.05) is 4.90 Å². The van der Waals surface area contributed by atoms with Gasteiger partial charge in [-0.3, -0.25) is 14.5 Å². The maximum atomic E-state index is 12.0. The molecule has 1 heterocycles. The number of nitrogens with one attached hydrogen (secondary N) is 1. The average molecular weight is 241 g/mol. The first kappa shape index (κ1) is 12.3. The predicted octanol–water partition coefficient (Wildman–Crippen LogP) is -1.60. The van der Waals surface area contributed by atoms with Crippen molar-refractivity contribution < 1.29 is 14.7 Å². The lowest BCUT2D eigenvalue weighted by molar-refractivity contribution is -0.139. The first-order chi connectivity index (χ1) is 8.20. The van der Waals surface area contributed by atoms with Crippen molar-refractivity contribution in [2.75, 3.05) is 39.3 Å². The van der Waals surface area contributed by atoms with E-state index >= 15 is 0 Å². The van der Waals surface area contributed by atoms with Crippen molar-refractivity contribution in [3.8, 4) is 0 Å². The lowest BCUT2D eigenvalue weighted by Crippen LogP contribution is -2.52. The number of aliphatic hydroxyl groups is 1. The van der Waals surface area contributed by atoms with E-state index in [0.29, 0.717) is 32.2 Å². The van der Waals surface area contributed by atoms with E-state index in [1.54, 1.807) is 4.90 Å². The molecule has 1 saturated carbocycles. The highest BCUT2D eigenvalue weighted by atomic mass is 16.3. The first-order valence-electron chi connectivity index (χ1n) is 6.10. The molecule has 1 aliphatic carbocycles. The van der Waals surface area contributed by atoms with E-state index in [-0.39, 0.29) is 25.0 Å². The smallest absolute Gasteiger partial charge is 0.239 e. The van der Waals surface area contributed by atoms with Crippen LogP contribution in [0.3, 0.4) is 0 Å². The maximum absolute atomic E-state index is 12.0. The lowest BCUT2D eigenvalue weighted by atomic mass is 10.3. The van der Waals surface area contributed by atoms with Crippen LogP contribution in [-0.2, 0) is 9.59 Å². The van der Waals surface area contributed by atoms with Crippen LogP contribution in [-0.4, -0.2) is 72.1 Å². The average Bonchev–Trinajstić information content (AvgIpc) is 3.12. The molecule has 6 nitrogen and oxygen atoms in total. The summed E-state index contributed by atoms with van der Waals surface area (Å²) in [6.45, 7) is 2.21. The fraction of sp³-hybridized carbons (Fsp3) is 0.818. The number of aliphatic hydroxyl groups excluding tert-OH is 1. The van der Waals surface area contributed by atoms with Crippen LogP contribution in [0, 0.1) is 0 Å². The van der Waals surface area contributed by atoms with Crippen LogP contribution >= 0.6 is 0 Å². The van der Waals surface area contributed by atoms with Gasteiger partial charge in [0.25, 0.3) is 0 Å². The fourth-order valence-corrected chi connectivity index (χ4v) is 2.08. The third kappa shape index (κ3) is 3.41. The van der Waals surface area contributed by atoms with E-state index in [4.69, 9.17) is 5.11 Å². The second kappa shape index (κ2) is 5.46. The molecule has 0 unspecified atom stereocenters. The van der Waals surface area contributed by atoms with Crippen LogP contribution in [0.5, 0.6) is 0 Å². The van der Waals surface area contributed by atoms with Gasteiger partial charge in [-0.1, -0.05) is 0 Å². The second-order valence-corrected chi connectivity index (χ2v) is 4.59. The molecule has 0 bridgehead atoms.